The minimum atomic E-state index is 0.0320. The molecule has 1 aromatic rings. The molecule has 4 nitrogen and oxygen atoms in total. The number of rotatable bonds is 9. The number of carbonyl (C=O) groups excluding carboxylic acids is 1. The smallest absolute Gasteiger partial charge is 0.224 e. The van der Waals surface area contributed by atoms with E-state index in [1.54, 1.807) is 0 Å². The molecule has 0 radical (unpaired) electrons. The van der Waals surface area contributed by atoms with Gasteiger partial charge in [-0.15, -0.1) is 0 Å². The van der Waals surface area contributed by atoms with Gasteiger partial charge in [0.15, 0.2) is 0 Å². The summed E-state index contributed by atoms with van der Waals surface area (Å²) in [4.78, 5) is 11.8. The van der Waals surface area contributed by atoms with E-state index in [2.05, 4.69) is 12.2 Å². The van der Waals surface area contributed by atoms with Crippen LogP contribution in [-0.2, 0) is 4.79 Å². The zero-order valence-electron chi connectivity index (χ0n) is 11.7. The molecule has 3 N–H and O–H groups in total. The third-order valence-electron chi connectivity index (χ3n) is 2.73. The Morgan fingerprint density at radius 3 is 2.79 bits per heavy atom. The molecular formula is C15H24N2O2. The lowest BCUT2D eigenvalue weighted by molar-refractivity contribution is -0.116. The van der Waals surface area contributed by atoms with Crippen LogP contribution in [0.5, 0.6) is 5.75 Å². The number of benzene rings is 1. The molecule has 0 aliphatic rings. The average molecular weight is 264 g/mol. The summed E-state index contributed by atoms with van der Waals surface area (Å²) < 4.78 is 5.60. The molecule has 106 valence electrons. The van der Waals surface area contributed by atoms with Gasteiger partial charge in [0.05, 0.1) is 12.3 Å². The van der Waals surface area contributed by atoms with Gasteiger partial charge in [0, 0.05) is 6.42 Å². The minimum Gasteiger partial charge on any atom is -0.491 e. The van der Waals surface area contributed by atoms with Gasteiger partial charge in [-0.25, -0.2) is 0 Å². The highest BCUT2D eigenvalue weighted by Crippen LogP contribution is 2.24. The van der Waals surface area contributed by atoms with E-state index >= 15 is 0 Å². The van der Waals surface area contributed by atoms with Crippen molar-refractivity contribution >= 4 is 11.6 Å². The largest absolute Gasteiger partial charge is 0.491 e. The van der Waals surface area contributed by atoms with Crippen molar-refractivity contribution < 1.29 is 9.53 Å². The molecule has 0 aliphatic carbocycles. The first-order valence-corrected chi connectivity index (χ1v) is 6.99. The summed E-state index contributed by atoms with van der Waals surface area (Å²) in [6.07, 6.45) is 4.33. The van der Waals surface area contributed by atoms with E-state index in [0.717, 1.165) is 37.1 Å². The number of amides is 1. The summed E-state index contributed by atoms with van der Waals surface area (Å²) >= 11 is 0. The molecule has 1 rings (SSSR count). The Balaban J connectivity index is 2.44. The van der Waals surface area contributed by atoms with Crippen LogP contribution in [0.3, 0.4) is 0 Å². The van der Waals surface area contributed by atoms with Crippen LogP contribution in [0, 0.1) is 0 Å². The molecule has 0 saturated heterocycles. The van der Waals surface area contributed by atoms with Crippen molar-refractivity contribution in [2.24, 2.45) is 5.73 Å². The minimum absolute atomic E-state index is 0.0320. The Morgan fingerprint density at radius 1 is 1.26 bits per heavy atom. The monoisotopic (exact) mass is 264 g/mol. The van der Waals surface area contributed by atoms with Crippen LogP contribution < -0.4 is 15.8 Å². The van der Waals surface area contributed by atoms with Gasteiger partial charge in [-0.05, 0) is 37.9 Å². The van der Waals surface area contributed by atoms with E-state index in [1.807, 2.05) is 24.3 Å². The van der Waals surface area contributed by atoms with Gasteiger partial charge in [0.1, 0.15) is 5.75 Å². The fraction of sp³-hybridized carbons (Fsp3) is 0.533. The summed E-state index contributed by atoms with van der Waals surface area (Å²) in [7, 11) is 0. The lowest BCUT2D eigenvalue weighted by atomic mass is 10.2. The predicted octanol–water partition coefficient (Wildman–Crippen LogP) is 2.93. The third kappa shape index (κ3) is 6.25. The molecule has 0 aliphatic heterocycles. The predicted molar refractivity (Wildman–Crippen MR) is 78.4 cm³/mol. The maximum absolute atomic E-state index is 11.8. The van der Waals surface area contributed by atoms with Crippen molar-refractivity contribution in [3.63, 3.8) is 0 Å². The Labute approximate surface area is 115 Å². The van der Waals surface area contributed by atoms with Gasteiger partial charge in [0.25, 0.3) is 0 Å². The molecule has 0 atom stereocenters. The fourth-order valence-electron chi connectivity index (χ4n) is 1.73. The molecule has 0 bridgehead atoms. The average Bonchev–Trinajstić information content (AvgIpc) is 2.43. The molecule has 0 saturated carbocycles. The highest BCUT2D eigenvalue weighted by Gasteiger charge is 2.06. The normalized spacial score (nSPS) is 10.2. The standard InChI is InChI=1S/C15H24N2O2/c1-2-12-19-14-9-6-5-8-13(14)17-15(18)10-4-3-7-11-16/h5-6,8-9H,2-4,7,10-12,16H2,1H3,(H,17,18). The number of carbonyl (C=O) groups is 1. The molecule has 4 heteroatoms. The van der Waals surface area contributed by atoms with E-state index in [4.69, 9.17) is 10.5 Å². The lowest BCUT2D eigenvalue weighted by Gasteiger charge is -2.11. The van der Waals surface area contributed by atoms with Crippen LogP contribution in [0.15, 0.2) is 24.3 Å². The SMILES string of the molecule is CCCOc1ccccc1NC(=O)CCCCCN. The first-order valence-electron chi connectivity index (χ1n) is 6.99. The molecule has 1 aromatic carbocycles. The Bertz CT molecular complexity index is 380. The molecule has 19 heavy (non-hydrogen) atoms. The first kappa shape index (κ1) is 15.5. The number of hydrogen-bond donors (Lipinski definition) is 2. The highest BCUT2D eigenvalue weighted by molar-refractivity contribution is 5.92. The number of para-hydroxylation sites is 2. The van der Waals surface area contributed by atoms with Crippen LogP contribution in [0.2, 0.25) is 0 Å². The zero-order chi connectivity index (χ0) is 13.9. The second-order valence-corrected chi connectivity index (χ2v) is 4.49. The first-order chi connectivity index (χ1) is 9.27. The fourth-order valence-corrected chi connectivity index (χ4v) is 1.73. The summed E-state index contributed by atoms with van der Waals surface area (Å²) in [6.45, 7) is 3.40. The topological polar surface area (TPSA) is 64.3 Å². The van der Waals surface area contributed by atoms with Crippen LogP contribution in [0.1, 0.15) is 39.0 Å². The second-order valence-electron chi connectivity index (χ2n) is 4.49. The number of nitrogens with one attached hydrogen (secondary N) is 1. The number of hydrogen-bond acceptors (Lipinski definition) is 3. The zero-order valence-corrected chi connectivity index (χ0v) is 11.7. The van der Waals surface area contributed by atoms with Crippen LogP contribution in [-0.4, -0.2) is 19.1 Å². The maximum atomic E-state index is 11.8. The van der Waals surface area contributed by atoms with E-state index in [9.17, 15) is 4.79 Å². The van der Waals surface area contributed by atoms with Crippen molar-refractivity contribution in [3.05, 3.63) is 24.3 Å². The highest BCUT2D eigenvalue weighted by atomic mass is 16.5. The van der Waals surface area contributed by atoms with E-state index in [-0.39, 0.29) is 5.91 Å². The van der Waals surface area contributed by atoms with Crippen molar-refractivity contribution in [2.45, 2.75) is 39.0 Å². The van der Waals surface area contributed by atoms with Gasteiger partial charge >= 0.3 is 0 Å². The summed E-state index contributed by atoms with van der Waals surface area (Å²) in [5, 5.41) is 2.90. The van der Waals surface area contributed by atoms with E-state index in [1.165, 1.54) is 0 Å². The quantitative estimate of drug-likeness (QED) is 0.674. The molecule has 0 spiro atoms. The van der Waals surface area contributed by atoms with Gasteiger partial charge in [-0.3, -0.25) is 4.79 Å². The molecule has 0 unspecified atom stereocenters. The van der Waals surface area contributed by atoms with E-state index in [0.29, 0.717) is 19.6 Å². The maximum Gasteiger partial charge on any atom is 0.224 e. The summed E-state index contributed by atoms with van der Waals surface area (Å²) in [6, 6.07) is 7.53. The van der Waals surface area contributed by atoms with Gasteiger partial charge in [-0.2, -0.15) is 0 Å². The Morgan fingerprint density at radius 2 is 2.05 bits per heavy atom. The number of ether oxygens (including phenoxy) is 1. The van der Waals surface area contributed by atoms with Gasteiger partial charge < -0.3 is 15.8 Å². The molecule has 0 aromatic heterocycles. The second kappa shape index (κ2) is 9.39. The van der Waals surface area contributed by atoms with Crippen molar-refractivity contribution in [1.82, 2.24) is 0 Å². The van der Waals surface area contributed by atoms with E-state index < -0.39 is 0 Å². The van der Waals surface area contributed by atoms with Gasteiger partial charge in [0.2, 0.25) is 5.91 Å². The number of unbranched alkanes of at least 4 members (excludes halogenated alkanes) is 2. The van der Waals surface area contributed by atoms with Crippen LogP contribution in [0.25, 0.3) is 0 Å². The molecule has 0 fully saturated rings. The number of anilines is 1. The van der Waals surface area contributed by atoms with Crippen molar-refractivity contribution in [2.75, 3.05) is 18.5 Å². The number of nitrogens with two attached hydrogens (primary N) is 1. The van der Waals surface area contributed by atoms with Gasteiger partial charge in [-0.1, -0.05) is 25.5 Å². The Hall–Kier alpha value is -1.55. The molecular weight excluding hydrogens is 240 g/mol. The lowest BCUT2D eigenvalue weighted by Crippen LogP contribution is -2.12. The summed E-state index contributed by atoms with van der Waals surface area (Å²) in [5.41, 5.74) is 6.17. The van der Waals surface area contributed by atoms with Crippen molar-refractivity contribution in [1.29, 1.82) is 0 Å². The summed E-state index contributed by atoms with van der Waals surface area (Å²) in [5.74, 6) is 0.768. The molecule has 1 amide bonds. The van der Waals surface area contributed by atoms with Crippen molar-refractivity contribution in [3.8, 4) is 5.75 Å². The van der Waals surface area contributed by atoms with Crippen LogP contribution >= 0.6 is 0 Å². The molecule has 0 heterocycles. The third-order valence-corrected chi connectivity index (χ3v) is 2.73. The Kier molecular flexibility index (Phi) is 7.66. The van der Waals surface area contributed by atoms with Crippen LogP contribution in [0.4, 0.5) is 5.69 Å².